The SMILES string of the molecule is CNCC(C)C(=O)NCC1(O)CCC(C)CC1. The minimum atomic E-state index is -0.679. The zero-order valence-electron chi connectivity index (χ0n) is 11.3. The first-order valence-electron chi connectivity index (χ1n) is 6.61. The fourth-order valence-electron chi connectivity index (χ4n) is 2.30. The quantitative estimate of drug-likeness (QED) is 0.671. The third-order valence-corrected chi connectivity index (χ3v) is 3.75. The fraction of sp³-hybridized carbons (Fsp3) is 0.923. The topological polar surface area (TPSA) is 61.4 Å². The summed E-state index contributed by atoms with van der Waals surface area (Å²) in [6.07, 6.45) is 3.71. The highest BCUT2D eigenvalue weighted by Crippen LogP contribution is 2.31. The second-order valence-electron chi connectivity index (χ2n) is 5.58. The standard InChI is InChI=1S/C13H26N2O2/c1-10-4-6-13(17,7-5-10)9-15-12(16)11(2)8-14-3/h10-11,14,17H,4-9H2,1-3H3,(H,15,16). The summed E-state index contributed by atoms with van der Waals surface area (Å²) in [5.41, 5.74) is -0.679. The number of hydrogen-bond donors (Lipinski definition) is 3. The van der Waals surface area contributed by atoms with E-state index in [-0.39, 0.29) is 11.8 Å². The minimum absolute atomic E-state index is 0.0198. The van der Waals surface area contributed by atoms with Gasteiger partial charge in [-0.25, -0.2) is 0 Å². The Morgan fingerprint density at radius 1 is 1.47 bits per heavy atom. The second kappa shape index (κ2) is 6.36. The summed E-state index contributed by atoms with van der Waals surface area (Å²) >= 11 is 0. The van der Waals surface area contributed by atoms with Crippen molar-refractivity contribution in [3.63, 3.8) is 0 Å². The maximum Gasteiger partial charge on any atom is 0.224 e. The Balaban J connectivity index is 2.32. The average molecular weight is 242 g/mol. The summed E-state index contributed by atoms with van der Waals surface area (Å²) in [7, 11) is 1.83. The molecule has 0 aromatic heterocycles. The Kier molecular flexibility index (Phi) is 5.40. The van der Waals surface area contributed by atoms with Crippen LogP contribution in [0.5, 0.6) is 0 Å². The van der Waals surface area contributed by atoms with Gasteiger partial charge in [0, 0.05) is 19.0 Å². The van der Waals surface area contributed by atoms with Crippen LogP contribution in [-0.4, -0.2) is 36.8 Å². The zero-order chi connectivity index (χ0) is 12.9. The number of carbonyl (C=O) groups excluding carboxylic acids is 1. The van der Waals surface area contributed by atoms with Crippen molar-refractivity contribution in [1.29, 1.82) is 0 Å². The van der Waals surface area contributed by atoms with E-state index in [1.54, 1.807) is 0 Å². The van der Waals surface area contributed by atoms with Crippen LogP contribution in [0, 0.1) is 11.8 Å². The second-order valence-corrected chi connectivity index (χ2v) is 5.58. The lowest BCUT2D eigenvalue weighted by atomic mass is 9.79. The van der Waals surface area contributed by atoms with Crippen molar-refractivity contribution in [1.82, 2.24) is 10.6 Å². The molecule has 0 saturated heterocycles. The lowest BCUT2D eigenvalue weighted by Gasteiger charge is -2.35. The summed E-state index contributed by atoms with van der Waals surface area (Å²) in [6.45, 7) is 5.17. The molecule has 0 aliphatic heterocycles. The van der Waals surface area contributed by atoms with Gasteiger partial charge in [0.1, 0.15) is 0 Å². The fourth-order valence-corrected chi connectivity index (χ4v) is 2.30. The van der Waals surface area contributed by atoms with E-state index in [1.165, 1.54) is 0 Å². The number of carbonyl (C=O) groups is 1. The molecule has 4 heteroatoms. The lowest BCUT2D eigenvalue weighted by Crippen LogP contribution is -2.47. The molecular formula is C13H26N2O2. The smallest absolute Gasteiger partial charge is 0.224 e. The van der Waals surface area contributed by atoms with Crippen molar-refractivity contribution >= 4 is 5.91 Å². The van der Waals surface area contributed by atoms with Gasteiger partial charge >= 0.3 is 0 Å². The first kappa shape index (κ1) is 14.5. The molecule has 1 atom stereocenters. The molecule has 0 aromatic rings. The van der Waals surface area contributed by atoms with Gasteiger partial charge in [0.15, 0.2) is 0 Å². The van der Waals surface area contributed by atoms with Gasteiger partial charge in [-0.05, 0) is 38.6 Å². The van der Waals surface area contributed by atoms with Crippen molar-refractivity contribution in [2.75, 3.05) is 20.1 Å². The molecule has 0 aromatic carbocycles. The van der Waals surface area contributed by atoms with Crippen LogP contribution in [0.1, 0.15) is 39.5 Å². The molecule has 1 fully saturated rings. The summed E-state index contributed by atoms with van der Waals surface area (Å²) in [5.74, 6) is 0.673. The van der Waals surface area contributed by atoms with Gasteiger partial charge in [0.25, 0.3) is 0 Å². The molecule has 100 valence electrons. The molecule has 4 nitrogen and oxygen atoms in total. The highest BCUT2D eigenvalue weighted by atomic mass is 16.3. The molecule has 0 bridgehead atoms. The number of rotatable bonds is 5. The minimum Gasteiger partial charge on any atom is -0.388 e. The van der Waals surface area contributed by atoms with Gasteiger partial charge in [-0.2, -0.15) is 0 Å². The van der Waals surface area contributed by atoms with Crippen LogP contribution >= 0.6 is 0 Å². The molecular weight excluding hydrogens is 216 g/mol. The van der Waals surface area contributed by atoms with Gasteiger partial charge in [0.05, 0.1) is 5.60 Å². The third kappa shape index (κ3) is 4.64. The Morgan fingerprint density at radius 2 is 2.06 bits per heavy atom. The van der Waals surface area contributed by atoms with E-state index >= 15 is 0 Å². The molecule has 1 unspecified atom stereocenters. The predicted molar refractivity (Wildman–Crippen MR) is 68.7 cm³/mol. The van der Waals surface area contributed by atoms with Gasteiger partial charge in [-0.15, -0.1) is 0 Å². The van der Waals surface area contributed by atoms with Gasteiger partial charge in [0.2, 0.25) is 5.91 Å². The van der Waals surface area contributed by atoms with Crippen molar-refractivity contribution < 1.29 is 9.90 Å². The Labute approximate surface area is 104 Å². The molecule has 1 aliphatic rings. The van der Waals surface area contributed by atoms with Crippen LogP contribution in [0.4, 0.5) is 0 Å². The van der Waals surface area contributed by atoms with E-state index in [2.05, 4.69) is 17.6 Å². The van der Waals surface area contributed by atoms with E-state index in [9.17, 15) is 9.90 Å². The Bertz CT molecular complexity index is 248. The zero-order valence-corrected chi connectivity index (χ0v) is 11.3. The van der Waals surface area contributed by atoms with Crippen molar-refractivity contribution in [3.05, 3.63) is 0 Å². The molecule has 0 spiro atoms. The normalized spacial score (nSPS) is 30.9. The molecule has 17 heavy (non-hydrogen) atoms. The number of aliphatic hydroxyl groups is 1. The Hall–Kier alpha value is -0.610. The summed E-state index contributed by atoms with van der Waals surface area (Å²) in [4.78, 5) is 11.7. The maximum atomic E-state index is 11.7. The Morgan fingerprint density at radius 3 is 2.59 bits per heavy atom. The molecule has 0 heterocycles. The molecule has 1 rings (SSSR count). The van der Waals surface area contributed by atoms with E-state index in [0.29, 0.717) is 19.0 Å². The first-order valence-corrected chi connectivity index (χ1v) is 6.61. The first-order chi connectivity index (χ1) is 7.97. The van der Waals surface area contributed by atoms with Gasteiger partial charge in [-0.3, -0.25) is 4.79 Å². The van der Waals surface area contributed by atoms with E-state index in [0.717, 1.165) is 25.7 Å². The van der Waals surface area contributed by atoms with Crippen LogP contribution < -0.4 is 10.6 Å². The van der Waals surface area contributed by atoms with Crippen LogP contribution in [-0.2, 0) is 4.79 Å². The molecule has 1 aliphatic carbocycles. The van der Waals surface area contributed by atoms with Crippen molar-refractivity contribution in [2.45, 2.75) is 45.1 Å². The van der Waals surface area contributed by atoms with Crippen LogP contribution in [0.15, 0.2) is 0 Å². The van der Waals surface area contributed by atoms with E-state index in [4.69, 9.17) is 0 Å². The monoisotopic (exact) mass is 242 g/mol. The van der Waals surface area contributed by atoms with Crippen LogP contribution in [0.25, 0.3) is 0 Å². The van der Waals surface area contributed by atoms with E-state index < -0.39 is 5.60 Å². The number of amides is 1. The van der Waals surface area contributed by atoms with Gasteiger partial charge < -0.3 is 15.7 Å². The van der Waals surface area contributed by atoms with Crippen LogP contribution in [0.2, 0.25) is 0 Å². The molecule has 1 amide bonds. The van der Waals surface area contributed by atoms with Crippen molar-refractivity contribution in [2.24, 2.45) is 11.8 Å². The molecule has 1 saturated carbocycles. The van der Waals surface area contributed by atoms with E-state index in [1.807, 2.05) is 14.0 Å². The lowest BCUT2D eigenvalue weighted by molar-refractivity contribution is -0.126. The highest BCUT2D eigenvalue weighted by molar-refractivity contribution is 5.78. The average Bonchev–Trinajstić information content (AvgIpc) is 2.31. The summed E-state index contributed by atoms with van der Waals surface area (Å²) in [5, 5.41) is 16.2. The van der Waals surface area contributed by atoms with Crippen molar-refractivity contribution in [3.8, 4) is 0 Å². The third-order valence-electron chi connectivity index (χ3n) is 3.75. The molecule has 0 radical (unpaired) electrons. The largest absolute Gasteiger partial charge is 0.388 e. The molecule has 3 N–H and O–H groups in total. The maximum absolute atomic E-state index is 11.7. The predicted octanol–water partition coefficient (Wildman–Crippen LogP) is 0.899. The summed E-state index contributed by atoms with van der Waals surface area (Å²) < 4.78 is 0. The number of hydrogen-bond acceptors (Lipinski definition) is 3. The highest BCUT2D eigenvalue weighted by Gasteiger charge is 2.32. The number of nitrogens with one attached hydrogen (secondary N) is 2. The van der Waals surface area contributed by atoms with Gasteiger partial charge in [-0.1, -0.05) is 13.8 Å². The summed E-state index contributed by atoms with van der Waals surface area (Å²) in [6, 6.07) is 0. The van der Waals surface area contributed by atoms with Crippen LogP contribution in [0.3, 0.4) is 0 Å².